The predicted octanol–water partition coefficient (Wildman–Crippen LogP) is 3.81. The van der Waals surface area contributed by atoms with Gasteiger partial charge in [-0.15, -0.1) is 0 Å². The van der Waals surface area contributed by atoms with Crippen LogP contribution in [-0.2, 0) is 11.3 Å². The van der Waals surface area contributed by atoms with Crippen molar-refractivity contribution in [1.29, 1.82) is 0 Å². The molecule has 3 rings (SSSR count). The number of carbonyl (C=O) groups excluding carboxylic acids is 2. The van der Waals surface area contributed by atoms with Gasteiger partial charge in [-0.2, -0.15) is 0 Å². The van der Waals surface area contributed by atoms with Gasteiger partial charge in [-0.25, -0.2) is 9.59 Å². The normalized spacial score (nSPS) is 16.6. The highest BCUT2D eigenvalue weighted by Crippen LogP contribution is 2.22. The van der Waals surface area contributed by atoms with Gasteiger partial charge in [-0.1, -0.05) is 42.5 Å². The van der Waals surface area contributed by atoms with Crippen molar-refractivity contribution in [2.75, 3.05) is 27.2 Å². The van der Waals surface area contributed by atoms with Gasteiger partial charge in [-0.05, 0) is 30.2 Å². The molecule has 0 saturated carbocycles. The van der Waals surface area contributed by atoms with E-state index in [9.17, 15) is 9.59 Å². The molecule has 2 unspecified atom stereocenters. The summed E-state index contributed by atoms with van der Waals surface area (Å²) in [5.74, 6) is 0.745. The second-order valence-corrected chi connectivity index (χ2v) is 7.65. The molecular weight excluding hydrogens is 382 g/mol. The smallest absolute Gasteiger partial charge is 0.410 e. The minimum atomic E-state index is -0.314. The van der Waals surface area contributed by atoms with Crippen molar-refractivity contribution in [3.8, 4) is 5.75 Å². The third kappa shape index (κ3) is 5.89. The second-order valence-electron chi connectivity index (χ2n) is 7.65. The lowest BCUT2D eigenvalue weighted by Crippen LogP contribution is -2.36. The molecule has 1 aliphatic heterocycles. The fraction of sp³-hybridized carbons (Fsp3) is 0.391. The molecular formula is C23H29N3O4. The van der Waals surface area contributed by atoms with Gasteiger partial charge in [0.2, 0.25) is 0 Å². The lowest BCUT2D eigenvalue weighted by molar-refractivity contribution is 0.0991. The van der Waals surface area contributed by atoms with Crippen LogP contribution in [0.4, 0.5) is 9.59 Å². The van der Waals surface area contributed by atoms with E-state index in [1.807, 2.05) is 61.5 Å². The summed E-state index contributed by atoms with van der Waals surface area (Å²) in [6.45, 7) is 3.33. The summed E-state index contributed by atoms with van der Waals surface area (Å²) < 4.78 is 11.4. The van der Waals surface area contributed by atoms with Gasteiger partial charge in [0.25, 0.3) is 0 Å². The minimum absolute atomic E-state index is 0.0639. The Labute approximate surface area is 177 Å². The third-order valence-electron chi connectivity index (χ3n) is 5.04. The number of ether oxygens (including phenoxy) is 2. The van der Waals surface area contributed by atoms with Gasteiger partial charge in [-0.3, -0.25) is 0 Å². The molecule has 1 heterocycles. The molecule has 0 aromatic heterocycles. The average Bonchev–Trinajstić information content (AvgIpc) is 3.21. The van der Waals surface area contributed by atoms with Crippen molar-refractivity contribution in [2.45, 2.75) is 32.1 Å². The van der Waals surface area contributed by atoms with E-state index in [1.165, 1.54) is 4.90 Å². The number of benzene rings is 2. The predicted molar refractivity (Wildman–Crippen MR) is 114 cm³/mol. The Morgan fingerprint density at radius 2 is 1.83 bits per heavy atom. The highest BCUT2D eigenvalue weighted by molar-refractivity contribution is 5.74. The highest BCUT2D eigenvalue weighted by Gasteiger charge is 2.28. The molecule has 2 aromatic carbocycles. The summed E-state index contributed by atoms with van der Waals surface area (Å²) in [4.78, 5) is 27.3. The zero-order valence-electron chi connectivity index (χ0n) is 17.7. The summed E-state index contributed by atoms with van der Waals surface area (Å²) in [5.41, 5.74) is 1.96. The molecule has 1 fully saturated rings. The SMILES string of the molecule is CC(NC(=O)N(C)C)c1ccc(OC2CCN(C(=O)OCc3ccccc3)C2)cc1. The van der Waals surface area contributed by atoms with E-state index in [0.29, 0.717) is 13.1 Å². The van der Waals surface area contributed by atoms with E-state index < -0.39 is 0 Å². The van der Waals surface area contributed by atoms with Crippen molar-refractivity contribution in [2.24, 2.45) is 0 Å². The first-order valence-corrected chi connectivity index (χ1v) is 10.1. The van der Waals surface area contributed by atoms with Gasteiger partial charge >= 0.3 is 12.1 Å². The molecule has 1 N–H and O–H groups in total. The summed E-state index contributed by atoms with van der Waals surface area (Å²) in [6.07, 6.45) is 0.383. The van der Waals surface area contributed by atoms with E-state index in [1.54, 1.807) is 19.0 Å². The highest BCUT2D eigenvalue weighted by atomic mass is 16.6. The Bertz CT molecular complexity index is 839. The van der Waals surface area contributed by atoms with Crippen LogP contribution in [0.1, 0.15) is 30.5 Å². The molecule has 30 heavy (non-hydrogen) atoms. The van der Waals surface area contributed by atoms with Crippen LogP contribution >= 0.6 is 0 Å². The minimum Gasteiger partial charge on any atom is -0.489 e. The Morgan fingerprint density at radius 1 is 1.13 bits per heavy atom. The fourth-order valence-corrected chi connectivity index (χ4v) is 3.23. The molecule has 1 saturated heterocycles. The van der Waals surface area contributed by atoms with Crippen molar-refractivity contribution < 1.29 is 19.1 Å². The molecule has 160 valence electrons. The van der Waals surface area contributed by atoms with E-state index in [0.717, 1.165) is 23.3 Å². The summed E-state index contributed by atoms with van der Waals surface area (Å²) in [5, 5.41) is 2.92. The molecule has 0 spiro atoms. The maximum Gasteiger partial charge on any atom is 0.410 e. The molecule has 7 nitrogen and oxygen atoms in total. The Balaban J connectivity index is 1.45. The Kier molecular flexibility index (Phi) is 7.17. The molecule has 7 heteroatoms. The summed E-state index contributed by atoms with van der Waals surface area (Å²) in [7, 11) is 3.42. The number of rotatable bonds is 6. The third-order valence-corrected chi connectivity index (χ3v) is 5.04. The number of hydrogen-bond donors (Lipinski definition) is 1. The number of nitrogens with one attached hydrogen (secondary N) is 1. The van der Waals surface area contributed by atoms with Crippen LogP contribution in [0.3, 0.4) is 0 Å². The monoisotopic (exact) mass is 411 g/mol. The van der Waals surface area contributed by atoms with Crippen molar-refractivity contribution in [1.82, 2.24) is 15.1 Å². The second kappa shape index (κ2) is 10.0. The maximum atomic E-state index is 12.3. The van der Waals surface area contributed by atoms with Crippen molar-refractivity contribution >= 4 is 12.1 Å². The van der Waals surface area contributed by atoms with Gasteiger partial charge in [0.1, 0.15) is 18.5 Å². The first-order chi connectivity index (χ1) is 14.4. The molecule has 0 bridgehead atoms. The first kappa shape index (κ1) is 21.5. The molecule has 2 aromatic rings. The van der Waals surface area contributed by atoms with Gasteiger partial charge < -0.3 is 24.6 Å². The first-order valence-electron chi connectivity index (χ1n) is 10.1. The van der Waals surface area contributed by atoms with Crippen LogP contribution in [0.2, 0.25) is 0 Å². The lowest BCUT2D eigenvalue weighted by atomic mass is 10.1. The standard InChI is InChI=1S/C23H29N3O4/c1-17(24-22(27)25(2)3)19-9-11-20(12-10-19)30-21-13-14-26(15-21)23(28)29-16-18-7-5-4-6-8-18/h4-12,17,21H,13-16H2,1-3H3,(H,24,27). The van der Waals surface area contributed by atoms with Crippen LogP contribution in [0.5, 0.6) is 5.75 Å². The number of likely N-dealkylation sites (tertiary alicyclic amines) is 1. The zero-order chi connectivity index (χ0) is 21.5. The molecule has 1 aliphatic rings. The Hall–Kier alpha value is -3.22. The number of carbonyl (C=O) groups is 2. The zero-order valence-corrected chi connectivity index (χ0v) is 17.7. The number of hydrogen-bond acceptors (Lipinski definition) is 4. The largest absolute Gasteiger partial charge is 0.489 e. The van der Waals surface area contributed by atoms with Gasteiger partial charge in [0.05, 0.1) is 12.6 Å². The van der Waals surface area contributed by atoms with Crippen LogP contribution < -0.4 is 10.1 Å². The average molecular weight is 412 g/mol. The molecule has 0 radical (unpaired) electrons. The molecule has 0 aliphatic carbocycles. The van der Waals surface area contributed by atoms with Crippen molar-refractivity contribution in [3.63, 3.8) is 0 Å². The van der Waals surface area contributed by atoms with E-state index in [-0.39, 0.29) is 30.9 Å². The van der Waals surface area contributed by atoms with Crippen LogP contribution in [0.15, 0.2) is 54.6 Å². The van der Waals surface area contributed by atoms with E-state index in [4.69, 9.17) is 9.47 Å². The van der Waals surface area contributed by atoms with Crippen LogP contribution in [-0.4, -0.2) is 55.2 Å². The van der Waals surface area contributed by atoms with Crippen LogP contribution in [0, 0.1) is 0 Å². The van der Waals surface area contributed by atoms with Crippen molar-refractivity contribution in [3.05, 3.63) is 65.7 Å². The lowest BCUT2D eigenvalue weighted by Gasteiger charge is -2.19. The van der Waals surface area contributed by atoms with Crippen LogP contribution in [0.25, 0.3) is 0 Å². The van der Waals surface area contributed by atoms with E-state index in [2.05, 4.69) is 5.32 Å². The van der Waals surface area contributed by atoms with Gasteiger partial charge in [0.15, 0.2) is 0 Å². The topological polar surface area (TPSA) is 71.1 Å². The fourth-order valence-electron chi connectivity index (χ4n) is 3.23. The van der Waals surface area contributed by atoms with Gasteiger partial charge in [0, 0.05) is 27.1 Å². The molecule has 3 amide bonds. The maximum absolute atomic E-state index is 12.3. The number of nitrogens with zero attached hydrogens (tertiary/aromatic N) is 2. The summed E-state index contributed by atoms with van der Waals surface area (Å²) >= 11 is 0. The molecule has 2 atom stereocenters. The quantitative estimate of drug-likeness (QED) is 0.785. The number of urea groups is 1. The Morgan fingerprint density at radius 3 is 2.50 bits per heavy atom. The van der Waals surface area contributed by atoms with E-state index >= 15 is 0 Å². The summed E-state index contributed by atoms with van der Waals surface area (Å²) in [6, 6.07) is 17.1. The number of amides is 3.